The van der Waals surface area contributed by atoms with Gasteiger partial charge in [0.15, 0.2) is 0 Å². The number of pyridine rings is 1. The zero-order valence-electron chi connectivity index (χ0n) is 13.6. The second-order valence-corrected chi connectivity index (χ2v) is 7.85. The number of nitrogens with one attached hydrogen (secondary N) is 3. The fourth-order valence-corrected chi connectivity index (χ4v) is 4.01. The van der Waals surface area contributed by atoms with Crippen molar-refractivity contribution in [2.24, 2.45) is 0 Å². The van der Waals surface area contributed by atoms with Crippen molar-refractivity contribution in [2.45, 2.75) is 17.9 Å². The second-order valence-electron chi connectivity index (χ2n) is 6.08. The number of fused-ring (bicyclic) bond motifs is 2. The van der Waals surface area contributed by atoms with Crippen molar-refractivity contribution in [2.75, 3.05) is 5.32 Å². The number of hydrogen-bond donors (Lipinski definition) is 3. The SMILES string of the molecule is O=C1Cc2cc(S(=O)(=O)NCc3cc4ccccc4[nH]c3=O)ccc2N1. The van der Waals surface area contributed by atoms with Crippen LogP contribution in [0.3, 0.4) is 0 Å². The third-order valence-electron chi connectivity index (χ3n) is 4.30. The molecule has 1 aliphatic heterocycles. The Hall–Kier alpha value is -2.97. The van der Waals surface area contributed by atoms with Crippen LogP contribution in [0.5, 0.6) is 0 Å². The van der Waals surface area contributed by atoms with E-state index >= 15 is 0 Å². The quantitative estimate of drug-likeness (QED) is 0.648. The number of para-hydroxylation sites is 1. The first kappa shape index (κ1) is 16.5. The van der Waals surface area contributed by atoms with Crippen LogP contribution in [0.2, 0.25) is 0 Å². The first-order valence-electron chi connectivity index (χ1n) is 7.96. The summed E-state index contributed by atoms with van der Waals surface area (Å²) in [5.41, 5.74) is 1.95. The molecule has 26 heavy (non-hydrogen) atoms. The van der Waals surface area contributed by atoms with Gasteiger partial charge >= 0.3 is 0 Å². The molecule has 0 radical (unpaired) electrons. The summed E-state index contributed by atoms with van der Waals surface area (Å²) in [6.07, 6.45) is 0.156. The summed E-state index contributed by atoms with van der Waals surface area (Å²) in [5, 5.41) is 3.48. The number of sulfonamides is 1. The maximum absolute atomic E-state index is 12.5. The molecule has 0 fully saturated rings. The number of aromatic nitrogens is 1. The molecule has 1 amide bonds. The minimum absolute atomic E-state index is 0.0602. The van der Waals surface area contributed by atoms with E-state index < -0.39 is 10.0 Å². The molecule has 0 atom stereocenters. The lowest BCUT2D eigenvalue weighted by Gasteiger charge is -2.08. The number of benzene rings is 2. The molecule has 0 unspecified atom stereocenters. The van der Waals surface area contributed by atoms with E-state index in [0.717, 1.165) is 5.39 Å². The number of carbonyl (C=O) groups excluding carboxylic acids is 1. The Morgan fingerprint density at radius 3 is 2.69 bits per heavy atom. The number of anilines is 1. The molecule has 2 aromatic carbocycles. The van der Waals surface area contributed by atoms with Gasteiger partial charge in [-0.05, 0) is 41.3 Å². The van der Waals surface area contributed by atoms with Crippen molar-refractivity contribution < 1.29 is 13.2 Å². The molecule has 3 N–H and O–H groups in total. The Balaban J connectivity index is 1.59. The van der Waals surface area contributed by atoms with Crippen molar-refractivity contribution in [1.82, 2.24) is 9.71 Å². The van der Waals surface area contributed by atoms with Gasteiger partial charge in [-0.1, -0.05) is 18.2 Å². The zero-order valence-corrected chi connectivity index (χ0v) is 14.4. The van der Waals surface area contributed by atoms with Gasteiger partial charge in [-0.3, -0.25) is 9.59 Å². The summed E-state index contributed by atoms with van der Waals surface area (Å²) in [6, 6.07) is 13.4. The summed E-state index contributed by atoms with van der Waals surface area (Å²) in [7, 11) is -3.81. The number of H-pyrrole nitrogens is 1. The van der Waals surface area contributed by atoms with Crippen molar-refractivity contribution in [3.05, 3.63) is 70.0 Å². The summed E-state index contributed by atoms with van der Waals surface area (Å²) < 4.78 is 27.5. The molecule has 1 aliphatic rings. The van der Waals surface area contributed by atoms with Crippen LogP contribution in [0.25, 0.3) is 10.9 Å². The highest BCUT2D eigenvalue weighted by molar-refractivity contribution is 7.89. The lowest BCUT2D eigenvalue weighted by Crippen LogP contribution is -2.27. The average molecular weight is 369 g/mol. The number of rotatable bonds is 4. The Kier molecular flexibility index (Phi) is 3.86. The molecule has 0 saturated carbocycles. The van der Waals surface area contributed by atoms with Gasteiger partial charge in [0.05, 0.1) is 11.3 Å². The first-order chi connectivity index (χ1) is 12.4. The van der Waals surface area contributed by atoms with Gasteiger partial charge in [0.25, 0.3) is 5.56 Å². The van der Waals surface area contributed by atoms with Gasteiger partial charge in [0.2, 0.25) is 15.9 Å². The highest BCUT2D eigenvalue weighted by Gasteiger charge is 2.22. The topological polar surface area (TPSA) is 108 Å². The molecule has 4 rings (SSSR count). The molecule has 2 heterocycles. The van der Waals surface area contributed by atoms with Crippen LogP contribution in [-0.4, -0.2) is 19.3 Å². The van der Waals surface area contributed by atoms with E-state index in [-0.39, 0.29) is 29.3 Å². The maximum atomic E-state index is 12.5. The smallest absolute Gasteiger partial charge is 0.252 e. The van der Waals surface area contributed by atoms with E-state index in [1.165, 1.54) is 12.1 Å². The van der Waals surface area contributed by atoms with Crippen LogP contribution in [0.15, 0.2) is 58.2 Å². The molecular formula is C18H15N3O4S. The molecule has 0 bridgehead atoms. The van der Waals surface area contributed by atoms with E-state index in [4.69, 9.17) is 0 Å². The predicted octanol–water partition coefficient (Wildman–Crippen LogP) is 1.50. The number of hydrogen-bond acceptors (Lipinski definition) is 4. The van der Waals surface area contributed by atoms with E-state index in [9.17, 15) is 18.0 Å². The minimum atomic E-state index is -3.81. The highest BCUT2D eigenvalue weighted by atomic mass is 32.2. The van der Waals surface area contributed by atoms with Crippen LogP contribution >= 0.6 is 0 Å². The molecule has 7 nitrogen and oxygen atoms in total. The monoisotopic (exact) mass is 369 g/mol. The molecule has 1 aromatic heterocycles. The normalized spacial score (nSPS) is 13.6. The maximum Gasteiger partial charge on any atom is 0.252 e. The Labute approximate surface area is 149 Å². The molecule has 0 aliphatic carbocycles. The Morgan fingerprint density at radius 1 is 1.04 bits per heavy atom. The van der Waals surface area contributed by atoms with Gasteiger partial charge in [-0.25, -0.2) is 13.1 Å². The van der Waals surface area contributed by atoms with Crippen LogP contribution in [0.1, 0.15) is 11.1 Å². The van der Waals surface area contributed by atoms with Crippen molar-refractivity contribution in [3.63, 3.8) is 0 Å². The third kappa shape index (κ3) is 3.00. The van der Waals surface area contributed by atoms with Crippen molar-refractivity contribution >= 4 is 32.5 Å². The van der Waals surface area contributed by atoms with Gasteiger partial charge in [0.1, 0.15) is 0 Å². The van der Waals surface area contributed by atoms with E-state index in [1.807, 2.05) is 18.2 Å². The van der Waals surface area contributed by atoms with Crippen LogP contribution in [-0.2, 0) is 27.8 Å². The van der Waals surface area contributed by atoms with Gasteiger partial charge in [0, 0.05) is 23.3 Å². The number of carbonyl (C=O) groups is 1. The second kappa shape index (κ2) is 6.08. The van der Waals surface area contributed by atoms with E-state index in [1.54, 1.807) is 18.2 Å². The van der Waals surface area contributed by atoms with E-state index in [0.29, 0.717) is 22.3 Å². The fraction of sp³-hybridized carbons (Fsp3) is 0.111. The summed E-state index contributed by atoms with van der Waals surface area (Å²) in [4.78, 5) is 26.3. The van der Waals surface area contributed by atoms with Crippen molar-refractivity contribution in [3.8, 4) is 0 Å². The molecule has 8 heteroatoms. The molecule has 132 valence electrons. The van der Waals surface area contributed by atoms with Crippen LogP contribution in [0.4, 0.5) is 5.69 Å². The summed E-state index contributed by atoms with van der Waals surface area (Å²) in [5.74, 6) is -0.162. The van der Waals surface area contributed by atoms with Crippen LogP contribution < -0.4 is 15.6 Å². The molecule has 0 saturated heterocycles. The Morgan fingerprint density at radius 2 is 1.85 bits per heavy atom. The van der Waals surface area contributed by atoms with Gasteiger partial charge in [-0.2, -0.15) is 0 Å². The third-order valence-corrected chi connectivity index (χ3v) is 5.69. The van der Waals surface area contributed by atoms with Gasteiger partial charge in [-0.15, -0.1) is 0 Å². The molecular weight excluding hydrogens is 354 g/mol. The fourth-order valence-electron chi connectivity index (χ4n) is 2.95. The summed E-state index contributed by atoms with van der Waals surface area (Å²) in [6.45, 7) is -0.128. The molecule has 3 aromatic rings. The van der Waals surface area contributed by atoms with Crippen molar-refractivity contribution in [1.29, 1.82) is 0 Å². The number of aromatic amines is 1. The highest BCUT2D eigenvalue weighted by Crippen LogP contribution is 2.25. The standard InChI is InChI=1S/C18H15N3O4S/c22-17-9-12-8-14(5-6-16(12)20-17)26(24,25)19-10-13-7-11-3-1-2-4-15(11)21-18(13)23/h1-8,19H,9-10H2,(H,20,22)(H,21,23). The first-order valence-corrected chi connectivity index (χ1v) is 9.44. The largest absolute Gasteiger partial charge is 0.326 e. The lowest BCUT2D eigenvalue weighted by molar-refractivity contribution is -0.115. The predicted molar refractivity (Wildman–Crippen MR) is 97.4 cm³/mol. The number of amides is 1. The zero-order chi connectivity index (χ0) is 18.3. The van der Waals surface area contributed by atoms with Crippen LogP contribution in [0, 0.1) is 0 Å². The minimum Gasteiger partial charge on any atom is -0.326 e. The van der Waals surface area contributed by atoms with E-state index in [2.05, 4.69) is 15.0 Å². The lowest BCUT2D eigenvalue weighted by atomic mass is 10.1. The van der Waals surface area contributed by atoms with Gasteiger partial charge < -0.3 is 10.3 Å². The molecule has 0 spiro atoms. The summed E-state index contributed by atoms with van der Waals surface area (Å²) >= 11 is 0. The Bertz CT molecular complexity index is 1200. The average Bonchev–Trinajstić information content (AvgIpc) is 2.99.